The predicted octanol–water partition coefficient (Wildman–Crippen LogP) is 4.43. The van der Waals surface area contributed by atoms with Gasteiger partial charge in [0.1, 0.15) is 11.3 Å². The van der Waals surface area contributed by atoms with Crippen LogP contribution in [0, 0.1) is 5.41 Å². The molecule has 2 aromatic carbocycles. The van der Waals surface area contributed by atoms with Gasteiger partial charge in [-0.3, -0.25) is 4.79 Å². The second-order valence-electron chi connectivity index (χ2n) is 9.46. The van der Waals surface area contributed by atoms with Crippen LogP contribution in [-0.2, 0) is 31.9 Å². The lowest BCUT2D eigenvalue weighted by molar-refractivity contribution is -0.139. The van der Waals surface area contributed by atoms with Crippen LogP contribution in [0.1, 0.15) is 56.2 Å². The molecule has 0 spiro atoms. The van der Waals surface area contributed by atoms with Gasteiger partial charge in [-0.15, -0.1) is 0 Å². The molecule has 0 radical (unpaired) electrons. The van der Waals surface area contributed by atoms with Crippen molar-refractivity contribution in [3.8, 4) is 0 Å². The minimum absolute atomic E-state index is 0.00815. The fourth-order valence-corrected chi connectivity index (χ4v) is 5.42. The van der Waals surface area contributed by atoms with Gasteiger partial charge in [0.05, 0.1) is 12.5 Å². The highest BCUT2D eigenvalue weighted by Gasteiger charge is 2.45. The summed E-state index contributed by atoms with van der Waals surface area (Å²) in [6, 6.07) is 10.5. The zero-order chi connectivity index (χ0) is 21.9. The number of benzene rings is 2. The molecule has 0 aromatic heterocycles. The highest BCUT2D eigenvalue weighted by Crippen LogP contribution is 2.50. The molecule has 1 heterocycles. The van der Waals surface area contributed by atoms with Gasteiger partial charge in [0, 0.05) is 18.4 Å². The number of ether oxygens (including phenoxy) is 2. The second kappa shape index (κ2) is 6.98. The van der Waals surface area contributed by atoms with Crippen LogP contribution >= 0.6 is 0 Å². The molecule has 3 aliphatic rings. The van der Waals surface area contributed by atoms with Crippen molar-refractivity contribution in [1.82, 2.24) is 0 Å². The second-order valence-corrected chi connectivity index (χ2v) is 9.46. The van der Waals surface area contributed by atoms with E-state index in [0.717, 1.165) is 23.8 Å². The normalized spacial score (nSPS) is 21.9. The number of esters is 1. The molecule has 0 saturated carbocycles. The van der Waals surface area contributed by atoms with Gasteiger partial charge in [0.2, 0.25) is 5.88 Å². The monoisotopic (exact) mass is 417 g/mol. The molecule has 0 fully saturated rings. The van der Waals surface area contributed by atoms with E-state index in [2.05, 4.69) is 18.2 Å². The van der Waals surface area contributed by atoms with Gasteiger partial charge in [-0.2, -0.15) is 0 Å². The number of carbonyl (C=O) groups excluding carboxylic acids is 2. The van der Waals surface area contributed by atoms with Gasteiger partial charge in [-0.25, -0.2) is 4.79 Å². The molecule has 5 heteroatoms. The summed E-state index contributed by atoms with van der Waals surface area (Å²) in [7, 11) is 0. The molecule has 5 nitrogen and oxygen atoms in total. The van der Waals surface area contributed by atoms with Crippen LogP contribution in [0.3, 0.4) is 0 Å². The van der Waals surface area contributed by atoms with Gasteiger partial charge in [0.25, 0.3) is 0 Å². The van der Waals surface area contributed by atoms with Crippen molar-refractivity contribution in [3.63, 3.8) is 0 Å². The summed E-state index contributed by atoms with van der Waals surface area (Å²) in [4.78, 5) is 26.4. The zero-order valence-corrected chi connectivity index (χ0v) is 18.2. The summed E-state index contributed by atoms with van der Waals surface area (Å²) in [5.74, 6) is -0.487. The van der Waals surface area contributed by atoms with E-state index < -0.39 is 11.9 Å². The number of Topliss-reactive ketones (excluding diaryl/α,β-unsaturated/α-hetero) is 1. The Kier molecular flexibility index (Phi) is 4.47. The first kappa shape index (κ1) is 19.9. The summed E-state index contributed by atoms with van der Waals surface area (Å²) in [5, 5.41) is 2.30. The number of nitrogens with two attached hydrogens (primary N) is 1. The van der Waals surface area contributed by atoms with E-state index in [1.54, 1.807) is 6.92 Å². The Morgan fingerprint density at radius 3 is 2.65 bits per heavy atom. The van der Waals surface area contributed by atoms with Crippen LogP contribution in [0.5, 0.6) is 0 Å². The van der Waals surface area contributed by atoms with Crippen molar-refractivity contribution in [2.45, 2.75) is 52.4 Å². The van der Waals surface area contributed by atoms with Crippen molar-refractivity contribution in [2.24, 2.45) is 11.1 Å². The number of aryl methyl sites for hydroxylation is 2. The smallest absolute Gasteiger partial charge is 0.340 e. The van der Waals surface area contributed by atoms with Crippen molar-refractivity contribution >= 4 is 22.5 Å². The average Bonchev–Trinajstić information content (AvgIpc) is 3.11. The van der Waals surface area contributed by atoms with Crippen molar-refractivity contribution in [3.05, 3.63) is 69.8 Å². The van der Waals surface area contributed by atoms with Crippen molar-refractivity contribution < 1.29 is 19.1 Å². The van der Waals surface area contributed by atoms with Crippen LogP contribution in [0.25, 0.3) is 10.8 Å². The quantitative estimate of drug-likeness (QED) is 0.748. The van der Waals surface area contributed by atoms with Gasteiger partial charge in [-0.05, 0) is 52.6 Å². The molecule has 2 aromatic rings. The van der Waals surface area contributed by atoms with Crippen LogP contribution in [0.2, 0.25) is 0 Å². The van der Waals surface area contributed by atoms with E-state index in [9.17, 15) is 9.59 Å². The minimum Gasteiger partial charge on any atom is -0.462 e. The molecular weight excluding hydrogens is 390 g/mol. The number of hydrogen-bond acceptors (Lipinski definition) is 5. The number of allylic oxidation sites excluding steroid dienone is 2. The summed E-state index contributed by atoms with van der Waals surface area (Å²) in [5.41, 5.74) is 10.4. The SMILES string of the molecule is CCOC(=O)C1=C(N)OC2=C(C(=O)CC(C)(C)C2)C1c1ccc2c3c(cccc13)CC2. The molecule has 1 atom stereocenters. The molecule has 0 bridgehead atoms. The molecule has 5 rings (SSSR count). The van der Waals surface area contributed by atoms with E-state index in [4.69, 9.17) is 15.2 Å². The van der Waals surface area contributed by atoms with Crippen LogP contribution < -0.4 is 5.73 Å². The van der Waals surface area contributed by atoms with Gasteiger partial charge in [0.15, 0.2) is 5.78 Å². The Morgan fingerprint density at radius 1 is 1.16 bits per heavy atom. The standard InChI is InChI=1S/C26H27NO4/c1-4-30-25(29)23-21(22-18(28)12-26(2,3)13-19(22)31-24(23)27)17-11-10-15-9-8-14-6-5-7-16(17)20(14)15/h5-7,10-11,21H,4,8-9,12-13,27H2,1-3H3. The molecular formula is C26H27NO4. The Hall–Kier alpha value is -3.08. The molecule has 2 N–H and O–H groups in total. The number of rotatable bonds is 3. The van der Waals surface area contributed by atoms with Gasteiger partial charge >= 0.3 is 5.97 Å². The Bertz CT molecular complexity index is 1190. The summed E-state index contributed by atoms with van der Waals surface area (Å²) in [6.07, 6.45) is 3.02. The first-order chi connectivity index (χ1) is 14.8. The lowest BCUT2D eigenvalue weighted by Crippen LogP contribution is -2.35. The van der Waals surface area contributed by atoms with E-state index in [1.807, 2.05) is 26.0 Å². The molecule has 2 aliphatic carbocycles. The average molecular weight is 418 g/mol. The number of carbonyl (C=O) groups is 2. The van der Waals surface area contributed by atoms with Crippen molar-refractivity contribution in [2.75, 3.05) is 6.61 Å². The summed E-state index contributed by atoms with van der Waals surface area (Å²) in [6.45, 7) is 6.07. The van der Waals surface area contributed by atoms with E-state index >= 15 is 0 Å². The molecule has 0 amide bonds. The molecule has 1 aliphatic heterocycles. The predicted molar refractivity (Wildman–Crippen MR) is 118 cm³/mol. The van der Waals surface area contributed by atoms with E-state index in [0.29, 0.717) is 24.2 Å². The minimum atomic E-state index is -0.587. The maximum absolute atomic E-state index is 13.4. The van der Waals surface area contributed by atoms with Crippen LogP contribution in [0.15, 0.2) is 53.1 Å². The first-order valence-electron chi connectivity index (χ1n) is 10.9. The maximum atomic E-state index is 13.4. The summed E-state index contributed by atoms with van der Waals surface area (Å²) >= 11 is 0. The highest BCUT2D eigenvalue weighted by atomic mass is 16.5. The number of hydrogen-bond donors (Lipinski definition) is 1. The van der Waals surface area contributed by atoms with E-state index in [-0.39, 0.29) is 29.3 Å². The Morgan fingerprint density at radius 2 is 1.90 bits per heavy atom. The topological polar surface area (TPSA) is 78.6 Å². The Labute approximate surface area is 181 Å². The summed E-state index contributed by atoms with van der Waals surface area (Å²) < 4.78 is 11.3. The number of ketones is 1. The molecule has 31 heavy (non-hydrogen) atoms. The van der Waals surface area contributed by atoms with Crippen LogP contribution in [-0.4, -0.2) is 18.4 Å². The molecule has 160 valence electrons. The van der Waals surface area contributed by atoms with Gasteiger partial charge in [-0.1, -0.05) is 44.2 Å². The third-order valence-electron chi connectivity index (χ3n) is 6.67. The maximum Gasteiger partial charge on any atom is 0.340 e. The highest BCUT2D eigenvalue weighted by molar-refractivity contribution is 6.05. The lowest BCUT2D eigenvalue weighted by Gasteiger charge is -2.38. The third-order valence-corrected chi connectivity index (χ3v) is 6.67. The third kappa shape index (κ3) is 3.06. The Balaban J connectivity index is 1.78. The molecule has 1 unspecified atom stereocenters. The van der Waals surface area contributed by atoms with E-state index in [1.165, 1.54) is 16.5 Å². The fourth-order valence-electron chi connectivity index (χ4n) is 5.42. The molecule has 0 saturated heterocycles. The van der Waals surface area contributed by atoms with Crippen LogP contribution in [0.4, 0.5) is 0 Å². The lowest BCUT2D eigenvalue weighted by atomic mass is 9.69. The largest absolute Gasteiger partial charge is 0.462 e. The first-order valence-corrected chi connectivity index (χ1v) is 10.9. The van der Waals surface area contributed by atoms with Gasteiger partial charge < -0.3 is 15.2 Å². The van der Waals surface area contributed by atoms with Crippen molar-refractivity contribution in [1.29, 1.82) is 0 Å². The fraction of sp³-hybridized carbons (Fsp3) is 0.385. The zero-order valence-electron chi connectivity index (χ0n) is 18.2.